The number of fused-ring (bicyclic) bond motifs is 1. The van der Waals surface area contributed by atoms with Crippen LogP contribution in [0.1, 0.15) is 35.4 Å². The summed E-state index contributed by atoms with van der Waals surface area (Å²) in [4.78, 5) is 35.8. The van der Waals surface area contributed by atoms with Crippen LogP contribution in [0.25, 0.3) is 21.3 Å². The number of ketones is 1. The molecule has 0 atom stereocenters. The van der Waals surface area contributed by atoms with E-state index in [-0.39, 0.29) is 12.4 Å². The van der Waals surface area contributed by atoms with Gasteiger partial charge in [-0.2, -0.15) is 0 Å². The zero-order valence-electron chi connectivity index (χ0n) is 21.4. The predicted octanol–water partition coefficient (Wildman–Crippen LogP) is 4.30. The van der Waals surface area contributed by atoms with Crippen molar-refractivity contribution in [2.75, 3.05) is 49.5 Å². The molecule has 10 heteroatoms. The molecule has 38 heavy (non-hydrogen) atoms. The molecule has 0 bridgehead atoms. The van der Waals surface area contributed by atoms with Crippen LogP contribution in [0, 0.1) is 12.8 Å². The number of hydrogen-bond donors (Lipinski definition) is 2. The van der Waals surface area contributed by atoms with Crippen LogP contribution in [-0.2, 0) is 0 Å². The minimum Gasteiger partial charge on any atom is -0.395 e. The summed E-state index contributed by atoms with van der Waals surface area (Å²) in [5.41, 5.74) is 3.60. The van der Waals surface area contributed by atoms with Gasteiger partial charge in [0.1, 0.15) is 17.5 Å². The van der Waals surface area contributed by atoms with E-state index in [2.05, 4.69) is 35.4 Å². The molecule has 196 valence electrons. The van der Waals surface area contributed by atoms with Gasteiger partial charge in [0.2, 0.25) is 5.95 Å². The highest BCUT2D eigenvalue weighted by Gasteiger charge is 2.25. The molecule has 4 heterocycles. The molecule has 9 nitrogen and oxygen atoms in total. The van der Waals surface area contributed by atoms with E-state index in [0.717, 1.165) is 58.9 Å². The Hall–Kier alpha value is -3.47. The molecular weight excluding hydrogens is 498 g/mol. The van der Waals surface area contributed by atoms with Crippen molar-refractivity contribution in [2.24, 2.45) is 5.92 Å². The van der Waals surface area contributed by atoms with Gasteiger partial charge >= 0.3 is 0 Å². The predicted molar refractivity (Wildman–Crippen MR) is 150 cm³/mol. The summed E-state index contributed by atoms with van der Waals surface area (Å²) in [6.07, 6.45) is 4.81. The summed E-state index contributed by atoms with van der Waals surface area (Å²) in [7, 11) is 0. The van der Waals surface area contributed by atoms with E-state index < -0.39 is 0 Å². The number of carbonyl (C=O) groups is 1. The summed E-state index contributed by atoms with van der Waals surface area (Å²) in [6.45, 7) is 6.24. The van der Waals surface area contributed by atoms with Crippen molar-refractivity contribution in [3.05, 3.63) is 53.3 Å². The molecule has 6 rings (SSSR count). The van der Waals surface area contributed by atoms with Crippen LogP contribution >= 0.6 is 11.3 Å². The second-order valence-electron chi connectivity index (χ2n) is 10.0. The Kier molecular flexibility index (Phi) is 7.01. The molecule has 2 aliphatic rings. The molecule has 0 radical (unpaired) electrons. The van der Waals surface area contributed by atoms with E-state index in [1.54, 1.807) is 11.3 Å². The molecule has 0 unspecified atom stereocenters. The average Bonchev–Trinajstić information content (AvgIpc) is 3.64. The van der Waals surface area contributed by atoms with Gasteiger partial charge in [-0.1, -0.05) is 18.2 Å². The lowest BCUT2D eigenvalue weighted by Gasteiger charge is -2.35. The van der Waals surface area contributed by atoms with Crippen molar-refractivity contribution in [1.82, 2.24) is 24.8 Å². The van der Waals surface area contributed by atoms with Crippen LogP contribution in [-0.4, -0.2) is 75.1 Å². The van der Waals surface area contributed by atoms with Gasteiger partial charge in [-0.05, 0) is 37.3 Å². The third kappa shape index (κ3) is 5.52. The lowest BCUT2D eigenvalue weighted by atomic mass is 10.0. The number of nitrogens with zero attached hydrogens (tertiary/aromatic N) is 6. The fourth-order valence-corrected chi connectivity index (χ4v) is 5.76. The molecule has 1 aromatic carbocycles. The van der Waals surface area contributed by atoms with Crippen LogP contribution in [0.3, 0.4) is 0 Å². The van der Waals surface area contributed by atoms with Crippen molar-refractivity contribution in [2.45, 2.75) is 26.2 Å². The van der Waals surface area contributed by atoms with Crippen LogP contribution < -0.4 is 10.2 Å². The monoisotopic (exact) mass is 529 g/mol. The van der Waals surface area contributed by atoms with Crippen molar-refractivity contribution >= 4 is 44.9 Å². The van der Waals surface area contributed by atoms with Crippen molar-refractivity contribution in [3.8, 4) is 11.1 Å². The van der Waals surface area contributed by atoms with E-state index in [0.29, 0.717) is 36.5 Å². The number of anilines is 3. The number of piperazine rings is 1. The van der Waals surface area contributed by atoms with Crippen LogP contribution in [0.5, 0.6) is 0 Å². The van der Waals surface area contributed by atoms with Crippen molar-refractivity contribution in [1.29, 1.82) is 0 Å². The highest BCUT2D eigenvalue weighted by atomic mass is 32.1. The third-order valence-electron chi connectivity index (χ3n) is 7.16. The van der Waals surface area contributed by atoms with E-state index in [1.807, 2.05) is 43.5 Å². The minimum absolute atomic E-state index is 0.181. The summed E-state index contributed by atoms with van der Waals surface area (Å²) >= 11 is 1.60. The Labute approximate surface area is 225 Å². The molecule has 2 N–H and O–H groups in total. The Morgan fingerprint density at radius 2 is 1.97 bits per heavy atom. The number of benzene rings is 1. The number of Topliss-reactive ketones (excluding diaryl/α,β-unsaturated/α-hetero) is 1. The fraction of sp³-hybridized carbons (Fsp3) is 0.393. The zero-order chi connectivity index (χ0) is 26.1. The van der Waals surface area contributed by atoms with E-state index in [1.165, 1.54) is 12.8 Å². The SMILES string of the molecule is Cc1nc(Nc2ncc3scc(-c4cccc(C(=O)CC5CC5)c4)c3n2)cc(N2CCN(CCO)CC2)n1. The second kappa shape index (κ2) is 10.7. The van der Waals surface area contributed by atoms with Crippen LogP contribution in [0.15, 0.2) is 41.9 Å². The molecule has 4 aromatic rings. The van der Waals surface area contributed by atoms with E-state index in [4.69, 9.17) is 4.98 Å². The Bertz CT molecular complexity index is 1460. The highest BCUT2D eigenvalue weighted by Crippen LogP contribution is 2.36. The minimum atomic E-state index is 0.181. The lowest BCUT2D eigenvalue weighted by Crippen LogP contribution is -2.47. The van der Waals surface area contributed by atoms with Gasteiger partial charge < -0.3 is 15.3 Å². The first kappa shape index (κ1) is 24.8. The number of aliphatic hydroxyl groups excluding tert-OH is 1. The fourth-order valence-electron chi connectivity index (χ4n) is 4.89. The standard InChI is InChI=1S/C28H31N7O2S/c1-18-30-25(15-26(31-18)35-9-7-34(8-10-35)11-12-36)32-28-29-16-24-27(33-28)22(17-38-24)20-3-2-4-21(14-20)23(37)13-19-5-6-19/h2-4,14-17,19,36H,5-13H2,1H3,(H,29,30,31,32,33). The number of aryl methyl sites for hydroxylation is 1. The number of thiophene rings is 1. The number of carbonyl (C=O) groups excluding carboxylic acids is 1. The molecule has 2 fully saturated rings. The number of hydrogen-bond acceptors (Lipinski definition) is 10. The number of β-amino-alcohol motifs (C(OH)–C–C–N with tert-alkyl or cyclic N) is 1. The molecule has 1 aliphatic carbocycles. The van der Waals surface area contributed by atoms with E-state index >= 15 is 0 Å². The van der Waals surface area contributed by atoms with Crippen molar-refractivity contribution in [3.63, 3.8) is 0 Å². The van der Waals surface area contributed by atoms with Crippen LogP contribution in [0.2, 0.25) is 0 Å². The first-order valence-electron chi connectivity index (χ1n) is 13.1. The molecule has 1 aliphatic heterocycles. The van der Waals surface area contributed by atoms with Gasteiger partial charge in [0.15, 0.2) is 5.78 Å². The van der Waals surface area contributed by atoms with Gasteiger partial charge in [0.25, 0.3) is 0 Å². The van der Waals surface area contributed by atoms with Gasteiger partial charge in [0, 0.05) is 61.7 Å². The number of rotatable bonds is 9. The average molecular weight is 530 g/mol. The maximum atomic E-state index is 12.7. The molecule has 0 spiro atoms. The number of nitrogens with one attached hydrogen (secondary N) is 1. The van der Waals surface area contributed by atoms with E-state index in [9.17, 15) is 9.90 Å². The zero-order valence-corrected chi connectivity index (χ0v) is 22.2. The Morgan fingerprint density at radius 1 is 1.13 bits per heavy atom. The molecule has 3 aromatic heterocycles. The molecule has 0 amide bonds. The summed E-state index contributed by atoms with van der Waals surface area (Å²) in [5.74, 6) is 3.44. The van der Waals surface area contributed by atoms with Gasteiger partial charge in [-0.15, -0.1) is 11.3 Å². The van der Waals surface area contributed by atoms with Gasteiger partial charge in [0.05, 0.1) is 23.0 Å². The molecule has 1 saturated heterocycles. The number of aromatic nitrogens is 4. The maximum absolute atomic E-state index is 12.7. The van der Waals surface area contributed by atoms with Gasteiger partial charge in [-0.25, -0.2) is 19.9 Å². The third-order valence-corrected chi connectivity index (χ3v) is 8.06. The number of aliphatic hydroxyl groups is 1. The molecule has 1 saturated carbocycles. The smallest absolute Gasteiger partial charge is 0.228 e. The normalized spacial score (nSPS) is 16.2. The highest BCUT2D eigenvalue weighted by molar-refractivity contribution is 7.17. The summed E-state index contributed by atoms with van der Waals surface area (Å²) in [6, 6.07) is 9.82. The molecular formula is C28H31N7O2S. The van der Waals surface area contributed by atoms with Crippen LogP contribution in [0.4, 0.5) is 17.6 Å². The first-order valence-corrected chi connectivity index (χ1v) is 14.0. The Balaban J connectivity index is 1.23. The largest absolute Gasteiger partial charge is 0.395 e. The maximum Gasteiger partial charge on any atom is 0.228 e. The lowest BCUT2D eigenvalue weighted by molar-refractivity contribution is 0.0976. The second-order valence-corrected chi connectivity index (χ2v) is 11.0. The van der Waals surface area contributed by atoms with Gasteiger partial charge in [-0.3, -0.25) is 9.69 Å². The summed E-state index contributed by atoms with van der Waals surface area (Å²) < 4.78 is 0.987. The van der Waals surface area contributed by atoms with Crippen molar-refractivity contribution < 1.29 is 9.90 Å². The Morgan fingerprint density at radius 3 is 2.76 bits per heavy atom. The topological polar surface area (TPSA) is 107 Å². The first-order chi connectivity index (χ1) is 18.6. The quantitative estimate of drug-likeness (QED) is 0.307. The summed E-state index contributed by atoms with van der Waals surface area (Å²) in [5, 5.41) is 14.6.